The zero-order valence-corrected chi connectivity index (χ0v) is 18.7. The fraction of sp³-hybridized carbons (Fsp3) is 0.435. The molecule has 0 spiro atoms. The molecule has 1 fully saturated rings. The van der Waals surface area contributed by atoms with Gasteiger partial charge in [-0.15, -0.1) is 0 Å². The van der Waals surface area contributed by atoms with E-state index < -0.39 is 0 Å². The Morgan fingerprint density at radius 3 is 2.33 bits per heavy atom. The lowest BCUT2D eigenvalue weighted by atomic mass is 10.1. The van der Waals surface area contributed by atoms with Gasteiger partial charge >= 0.3 is 0 Å². The standard InChI is InChI=1S/C23H29ClN2O4/c1-16(2)15-30-22-18(24)13-17(14-21(22)29-4)23(27)26-11-9-25(10-12-26)19-7-5-6-8-20(19)28-3/h5-8,13-14,16H,9-12,15H2,1-4H3. The van der Waals surface area contributed by atoms with Crippen molar-refractivity contribution in [1.82, 2.24) is 4.90 Å². The van der Waals surface area contributed by atoms with Gasteiger partial charge in [0, 0.05) is 31.7 Å². The third kappa shape index (κ3) is 4.93. The molecule has 0 radical (unpaired) electrons. The Labute approximate surface area is 183 Å². The number of halogens is 1. The number of anilines is 1. The van der Waals surface area contributed by atoms with E-state index in [9.17, 15) is 4.79 Å². The molecule has 1 heterocycles. The van der Waals surface area contributed by atoms with E-state index in [1.54, 1.807) is 26.4 Å². The number of carbonyl (C=O) groups is 1. The first-order valence-electron chi connectivity index (χ1n) is 10.1. The van der Waals surface area contributed by atoms with E-state index in [0.29, 0.717) is 47.7 Å². The second-order valence-electron chi connectivity index (χ2n) is 7.65. The molecule has 7 heteroatoms. The minimum absolute atomic E-state index is 0.0645. The summed E-state index contributed by atoms with van der Waals surface area (Å²) in [6.07, 6.45) is 0. The van der Waals surface area contributed by atoms with Crippen LogP contribution in [0.3, 0.4) is 0 Å². The van der Waals surface area contributed by atoms with Crippen LogP contribution >= 0.6 is 11.6 Å². The minimum atomic E-state index is -0.0645. The van der Waals surface area contributed by atoms with Gasteiger partial charge in [-0.05, 0) is 30.2 Å². The van der Waals surface area contributed by atoms with Gasteiger partial charge in [-0.1, -0.05) is 37.6 Å². The first kappa shape index (κ1) is 22.1. The lowest BCUT2D eigenvalue weighted by Crippen LogP contribution is -2.48. The number of hydrogen-bond acceptors (Lipinski definition) is 5. The Kier molecular flexibility index (Phi) is 7.32. The molecule has 162 valence electrons. The number of carbonyl (C=O) groups excluding carboxylic acids is 1. The quantitative estimate of drug-likeness (QED) is 0.650. The number of nitrogens with zero attached hydrogens (tertiary/aromatic N) is 2. The van der Waals surface area contributed by atoms with Crippen LogP contribution in [0.1, 0.15) is 24.2 Å². The average Bonchev–Trinajstić information content (AvgIpc) is 2.77. The van der Waals surface area contributed by atoms with E-state index in [1.807, 2.05) is 29.2 Å². The average molecular weight is 433 g/mol. The van der Waals surface area contributed by atoms with Crippen LogP contribution in [0.25, 0.3) is 0 Å². The minimum Gasteiger partial charge on any atom is -0.495 e. The maximum Gasteiger partial charge on any atom is 0.254 e. The van der Waals surface area contributed by atoms with Crippen molar-refractivity contribution in [3.63, 3.8) is 0 Å². The van der Waals surface area contributed by atoms with Crippen LogP contribution in [0.2, 0.25) is 5.02 Å². The summed E-state index contributed by atoms with van der Waals surface area (Å²) in [5.41, 5.74) is 1.54. The van der Waals surface area contributed by atoms with Gasteiger partial charge in [0.25, 0.3) is 5.91 Å². The van der Waals surface area contributed by atoms with Crippen LogP contribution in [0.4, 0.5) is 5.69 Å². The third-order valence-corrected chi connectivity index (χ3v) is 5.31. The van der Waals surface area contributed by atoms with Gasteiger partial charge in [0.1, 0.15) is 5.75 Å². The van der Waals surface area contributed by atoms with E-state index >= 15 is 0 Å². The van der Waals surface area contributed by atoms with Gasteiger partial charge in [0.2, 0.25) is 0 Å². The Morgan fingerprint density at radius 1 is 1.03 bits per heavy atom. The van der Waals surface area contributed by atoms with Crippen LogP contribution in [-0.4, -0.2) is 57.8 Å². The zero-order chi connectivity index (χ0) is 21.7. The van der Waals surface area contributed by atoms with E-state index in [4.69, 9.17) is 25.8 Å². The molecule has 0 bridgehead atoms. The summed E-state index contributed by atoms with van der Waals surface area (Å²) < 4.78 is 16.7. The van der Waals surface area contributed by atoms with Crippen LogP contribution < -0.4 is 19.1 Å². The molecule has 2 aromatic rings. The number of benzene rings is 2. The van der Waals surface area contributed by atoms with Crippen molar-refractivity contribution in [2.45, 2.75) is 13.8 Å². The number of piperazine rings is 1. The first-order valence-corrected chi connectivity index (χ1v) is 10.5. The molecule has 2 aromatic carbocycles. The summed E-state index contributed by atoms with van der Waals surface area (Å²) in [5.74, 6) is 2.08. The third-order valence-electron chi connectivity index (χ3n) is 5.03. The van der Waals surface area contributed by atoms with Gasteiger partial charge in [-0.25, -0.2) is 0 Å². The summed E-state index contributed by atoms with van der Waals surface area (Å²) in [4.78, 5) is 17.2. The highest BCUT2D eigenvalue weighted by Gasteiger charge is 2.25. The maximum absolute atomic E-state index is 13.1. The van der Waals surface area contributed by atoms with Gasteiger partial charge in [-0.2, -0.15) is 0 Å². The number of hydrogen-bond donors (Lipinski definition) is 0. The van der Waals surface area contributed by atoms with Crippen LogP contribution in [0.15, 0.2) is 36.4 Å². The SMILES string of the molecule is COc1ccccc1N1CCN(C(=O)c2cc(Cl)c(OCC(C)C)c(OC)c2)CC1. The molecule has 0 aromatic heterocycles. The fourth-order valence-corrected chi connectivity index (χ4v) is 3.72. The molecule has 1 aliphatic heterocycles. The molecule has 0 aliphatic carbocycles. The van der Waals surface area contributed by atoms with Crippen LogP contribution in [0.5, 0.6) is 17.2 Å². The molecule has 1 aliphatic rings. The largest absolute Gasteiger partial charge is 0.495 e. The molecule has 3 rings (SSSR count). The summed E-state index contributed by atoms with van der Waals surface area (Å²) in [6.45, 7) is 7.32. The summed E-state index contributed by atoms with van der Waals surface area (Å²) in [6, 6.07) is 11.3. The topological polar surface area (TPSA) is 51.2 Å². The maximum atomic E-state index is 13.1. The molecule has 0 atom stereocenters. The molecular weight excluding hydrogens is 404 g/mol. The van der Waals surface area contributed by atoms with E-state index in [1.165, 1.54) is 0 Å². The number of amides is 1. The smallest absolute Gasteiger partial charge is 0.254 e. The molecular formula is C23H29ClN2O4. The number of methoxy groups -OCH3 is 2. The van der Waals surface area contributed by atoms with Crippen molar-refractivity contribution in [1.29, 1.82) is 0 Å². The van der Waals surface area contributed by atoms with Crippen LogP contribution in [0, 0.1) is 5.92 Å². The Bertz CT molecular complexity index is 880. The Hall–Kier alpha value is -2.60. The van der Waals surface area contributed by atoms with Gasteiger partial charge < -0.3 is 24.0 Å². The van der Waals surface area contributed by atoms with Gasteiger partial charge in [0.05, 0.1) is 31.5 Å². The zero-order valence-electron chi connectivity index (χ0n) is 18.0. The van der Waals surface area contributed by atoms with Crippen molar-refractivity contribution in [2.24, 2.45) is 5.92 Å². The van der Waals surface area contributed by atoms with Crippen molar-refractivity contribution in [2.75, 3.05) is 51.9 Å². The van der Waals surface area contributed by atoms with E-state index in [2.05, 4.69) is 18.7 Å². The normalized spacial score (nSPS) is 14.1. The fourth-order valence-electron chi connectivity index (χ4n) is 3.46. The number of rotatable bonds is 7. The Morgan fingerprint density at radius 2 is 1.70 bits per heavy atom. The number of para-hydroxylation sites is 2. The van der Waals surface area contributed by atoms with Crippen molar-refractivity contribution >= 4 is 23.2 Å². The predicted octanol–water partition coefficient (Wildman–Crippen LogP) is 4.35. The molecule has 1 amide bonds. The predicted molar refractivity (Wildman–Crippen MR) is 119 cm³/mol. The highest BCUT2D eigenvalue weighted by atomic mass is 35.5. The van der Waals surface area contributed by atoms with Crippen LogP contribution in [-0.2, 0) is 0 Å². The molecule has 0 unspecified atom stereocenters. The summed E-state index contributed by atoms with van der Waals surface area (Å²) in [7, 11) is 3.22. The second kappa shape index (κ2) is 9.94. The lowest BCUT2D eigenvalue weighted by Gasteiger charge is -2.36. The molecule has 0 N–H and O–H groups in total. The monoisotopic (exact) mass is 432 g/mol. The number of ether oxygens (including phenoxy) is 3. The Balaban J connectivity index is 1.71. The van der Waals surface area contributed by atoms with Crippen molar-refractivity contribution in [3.05, 3.63) is 47.0 Å². The molecule has 1 saturated heterocycles. The lowest BCUT2D eigenvalue weighted by molar-refractivity contribution is 0.0746. The van der Waals surface area contributed by atoms with Gasteiger partial charge in [0.15, 0.2) is 11.5 Å². The van der Waals surface area contributed by atoms with Crippen molar-refractivity contribution < 1.29 is 19.0 Å². The molecule has 30 heavy (non-hydrogen) atoms. The van der Waals surface area contributed by atoms with Gasteiger partial charge in [-0.3, -0.25) is 4.79 Å². The van der Waals surface area contributed by atoms with E-state index in [0.717, 1.165) is 24.5 Å². The highest BCUT2D eigenvalue weighted by Crippen LogP contribution is 2.37. The first-order chi connectivity index (χ1) is 14.4. The molecule has 6 nitrogen and oxygen atoms in total. The summed E-state index contributed by atoms with van der Waals surface area (Å²) in [5, 5.41) is 0.381. The highest BCUT2D eigenvalue weighted by molar-refractivity contribution is 6.32. The second-order valence-corrected chi connectivity index (χ2v) is 8.05. The molecule has 0 saturated carbocycles. The summed E-state index contributed by atoms with van der Waals surface area (Å²) >= 11 is 6.42. The van der Waals surface area contributed by atoms with E-state index in [-0.39, 0.29) is 5.91 Å². The van der Waals surface area contributed by atoms with Crippen molar-refractivity contribution in [3.8, 4) is 17.2 Å².